The summed E-state index contributed by atoms with van der Waals surface area (Å²) in [6, 6.07) is 12.6. The number of rotatable bonds is 4. The highest BCUT2D eigenvalue weighted by Crippen LogP contribution is 2.30. The lowest BCUT2D eigenvalue weighted by Crippen LogP contribution is -2.05. The van der Waals surface area contributed by atoms with E-state index in [0.717, 1.165) is 17.7 Å². The molecule has 4 nitrogen and oxygen atoms in total. The van der Waals surface area contributed by atoms with Crippen LogP contribution in [-0.4, -0.2) is 13.1 Å². The molecule has 2 N–H and O–H groups in total. The maximum absolute atomic E-state index is 11.8. The van der Waals surface area contributed by atoms with Gasteiger partial charge < -0.3 is 15.2 Å². The fourth-order valence-corrected chi connectivity index (χ4v) is 1.92. The van der Waals surface area contributed by atoms with Gasteiger partial charge in [0.1, 0.15) is 17.1 Å². The molecule has 0 aliphatic heterocycles. The molecule has 0 saturated carbocycles. The maximum atomic E-state index is 11.8. The lowest BCUT2D eigenvalue weighted by atomic mass is 10.1. The lowest BCUT2D eigenvalue weighted by Gasteiger charge is -2.13. The van der Waals surface area contributed by atoms with Crippen molar-refractivity contribution in [3.8, 4) is 11.5 Å². The second-order valence-corrected chi connectivity index (χ2v) is 4.31. The Morgan fingerprint density at radius 1 is 1.15 bits per heavy atom. The number of para-hydroxylation sites is 1. The monoisotopic (exact) mass is 271 g/mol. The molecule has 20 heavy (non-hydrogen) atoms. The number of benzene rings is 2. The fraction of sp³-hybridized carbons (Fsp3) is 0.188. The van der Waals surface area contributed by atoms with E-state index in [4.69, 9.17) is 15.2 Å². The average Bonchev–Trinajstić information content (AvgIpc) is 2.48. The second kappa shape index (κ2) is 6.10. The van der Waals surface area contributed by atoms with Crippen molar-refractivity contribution in [2.45, 2.75) is 13.3 Å². The molecule has 2 aromatic rings. The van der Waals surface area contributed by atoms with Crippen molar-refractivity contribution in [2.24, 2.45) is 0 Å². The third kappa shape index (κ3) is 2.91. The van der Waals surface area contributed by atoms with Gasteiger partial charge >= 0.3 is 5.97 Å². The number of esters is 1. The largest absolute Gasteiger partial charge is 0.465 e. The molecule has 0 spiro atoms. The van der Waals surface area contributed by atoms with Crippen LogP contribution < -0.4 is 10.5 Å². The lowest BCUT2D eigenvalue weighted by molar-refractivity contribution is 0.0598. The number of hydrogen-bond donors (Lipinski definition) is 1. The Labute approximate surface area is 118 Å². The van der Waals surface area contributed by atoms with Crippen molar-refractivity contribution in [1.29, 1.82) is 0 Å². The van der Waals surface area contributed by atoms with E-state index in [0.29, 0.717) is 17.0 Å². The van der Waals surface area contributed by atoms with E-state index in [2.05, 4.69) is 0 Å². The highest BCUT2D eigenvalue weighted by Gasteiger charge is 2.15. The van der Waals surface area contributed by atoms with Crippen molar-refractivity contribution in [3.05, 3.63) is 53.6 Å². The Balaban J connectivity index is 2.40. The molecule has 0 aliphatic carbocycles. The van der Waals surface area contributed by atoms with E-state index >= 15 is 0 Å². The summed E-state index contributed by atoms with van der Waals surface area (Å²) in [7, 11) is 1.33. The zero-order chi connectivity index (χ0) is 14.5. The summed E-state index contributed by atoms with van der Waals surface area (Å²) in [5.41, 5.74) is 7.58. The van der Waals surface area contributed by atoms with Gasteiger partial charge in [-0.05, 0) is 36.2 Å². The standard InChI is InChI=1S/C16H17NO3/c1-3-11-6-4-5-7-14(11)20-15-9-8-12(17)10-13(15)16(18)19-2/h4-10H,3,17H2,1-2H3. The van der Waals surface area contributed by atoms with Gasteiger partial charge in [0, 0.05) is 5.69 Å². The van der Waals surface area contributed by atoms with E-state index in [9.17, 15) is 4.79 Å². The van der Waals surface area contributed by atoms with Crippen molar-refractivity contribution in [2.75, 3.05) is 12.8 Å². The minimum atomic E-state index is -0.471. The summed E-state index contributed by atoms with van der Waals surface area (Å²) in [6.45, 7) is 2.05. The van der Waals surface area contributed by atoms with Gasteiger partial charge in [-0.15, -0.1) is 0 Å². The number of nitrogen functional groups attached to an aromatic ring is 1. The second-order valence-electron chi connectivity index (χ2n) is 4.31. The minimum Gasteiger partial charge on any atom is -0.465 e. The third-order valence-corrected chi connectivity index (χ3v) is 2.98. The quantitative estimate of drug-likeness (QED) is 0.683. The molecule has 0 aromatic heterocycles. The van der Waals surface area contributed by atoms with Crippen LogP contribution in [0.3, 0.4) is 0 Å². The number of methoxy groups -OCH3 is 1. The number of anilines is 1. The normalized spacial score (nSPS) is 10.1. The molecule has 2 aromatic carbocycles. The summed E-state index contributed by atoms with van der Waals surface area (Å²) in [5, 5.41) is 0. The van der Waals surface area contributed by atoms with E-state index in [1.54, 1.807) is 18.2 Å². The average molecular weight is 271 g/mol. The first-order valence-electron chi connectivity index (χ1n) is 6.39. The molecule has 0 atom stereocenters. The van der Waals surface area contributed by atoms with Gasteiger partial charge in [0.15, 0.2) is 0 Å². The summed E-state index contributed by atoms with van der Waals surface area (Å²) in [4.78, 5) is 11.8. The molecule has 0 bridgehead atoms. The highest BCUT2D eigenvalue weighted by molar-refractivity contribution is 5.93. The zero-order valence-electron chi connectivity index (χ0n) is 11.6. The molecule has 2 rings (SSSR count). The van der Waals surface area contributed by atoms with Gasteiger partial charge in [-0.25, -0.2) is 4.79 Å². The number of carbonyl (C=O) groups is 1. The van der Waals surface area contributed by atoms with Crippen LogP contribution in [-0.2, 0) is 11.2 Å². The van der Waals surface area contributed by atoms with Crippen LogP contribution in [0.4, 0.5) is 5.69 Å². The molecule has 0 unspecified atom stereocenters. The third-order valence-electron chi connectivity index (χ3n) is 2.98. The first kappa shape index (κ1) is 13.9. The van der Waals surface area contributed by atoms with Crippen LogP contribution in [0.2, 0.25) is 0 Å². The molecule has 0 heterocycles. The van der Waals surface area contributed by atoms with Crippen molar-refractivity contribution in [1.82, 2.24) is 0 Å². The molecular weight excluding hydrogens is 254 g/mol. The van der Waals surface area contributed by atoms with Crippen LogP contribution in [0.25, 0.3) is 0 Å². The topological polar surface area (TPSA) is 61.5 Å². The van der Waals surface area contributed by atoms with E-state index < -0.39 is 5.97 Å². The van der Waals surface area contributed by atoms with E-state index in [-0.39, 0.29) is 0 Å². The molecular formula is C16H17NO3. The van der Waals surface area contributed by atoms with Crippen LogP contribution in [0.5, 0.6) is 11.5 Å². The molecule has 104 valence electrons. The Bertz CT molecular complexity index is 623. The number of carbonyl (C=O) groups excluding carboxylic acids is 1. The Morgan fingerprint density at radius 3 is 2.60 bits per heavy atom. The summed E-state index contributed by atoms with van der Waals surface area (Å²) in [6.07, 6.45) is 0.846. The predicted molar refractivity (Wildman–Crippen MR) is 78.1 cm³/mol. The summed E-state index contributed by atoms with van der Waals surface area (Å²) in [5.74, 6) is 0.693. The number of hydrogen-bond acceptors (Lipinski definition) is 4. The summed E-state index contributed by atoms with van der Waals surface area (Å²) >= 11 is 0. The van der Waals surface area contributed by atoms with Gasteiger partial charge in [-0.3, -0.25) is 0 Å². The van der Waals surface area contributed by atoms with E-state index in [1.807, 2.05) is 31.2 Å². The molecule has 4 heteroatoms. The van der Waals surface area contributed by atoms with Crippen LogP contribution in [0.15, 0.2) is 42.5 Å². The first-order valence-corrected chi connectivity index (χ1v) is 6.39. The van der Waals surface area contributed by atoms with Gasteiger partial charge in [0.05, 0.1) is 7.11 Å². The van der Waals surface area contributed by atoms with Gasteiger partial charge in [-0.1, -0.05) is 25.1 Å². The number of aryl methyl sites for hydroxylation is 1. The van der Waals surface area contributed by atoms with Crippen LogP contribution in [0, 0.1) is 0 Å². The Kier molecular flexibility index (Phi) is 4.25. The Hall–Kier alpha value is -2.49. The highest BCUT2D eigenvalue weighted by atomic mass is 16.5. The molecule has 0 saturated heterocycles. The van der Waals surface area contributed by atoms with Crippen LogP contribution >= 0.6 is 0 Å². The van der Waals surface area contributed by atoms with Gasteiger partial charge in [0.2, 0.25) is 0 Å². The van der Waals surface area contributed by atoms with E-state index in [1.165, 1.54) is 7.11 Å². The van der Waals surface area contributed by atoms with Crippen LogP contribution in [0.1, 0.15) is 22.8 Å². The molecule has 0 aliphatic rings. The number of nitrogens with two attached hydrogens (primary N) is 1. The van der Waals surface area contributed by atoms with Crippen molar-refractivity contribution in [3.63, 3.8) is 0 Å². The van der Waals surface area contributed by atoms with Gasteiger partial charge in [-0.2, -0.15) is 0 Å². The molecule has 0 fully saturated rings. The summed E-state index contributed by atoms with van der Waals surface area (Å²) < 4.78 is 10.6. The first-order chi connectivity index (χ1) is 9.65. The Morgan fingerprint density at radius 2 is 1.90 bits per heavy atom. The van der Waals surface area contributed by atoms with Crippen molar-refractivity contribution < 1.29 is 14.3 Å². The number of ether oxygens (including phenoxy) is 2. The zero-order valence-corrected chi connectivity index (χ0v) is 11.6. The predicted octanol–water partition coefficient (Wildman–Crippen LogP) is 3.41. The van der Waals surface area contributed by atoms with Gasteiger partial charge in [0.25, 0.3) is 0 Å². The minimum absolute atomic E-state index is 0.318. The fourth-order valence-electron chi connectivity index (χ4n) is 1.92. The molecule has 0 amide bonds. The smallest absolute Gasteiger partial charge is 0.341 e. The maximum Gasteiger partial charge on any atom is 0.341 e. The van der Waals surface area contributed by atoms with Crippen molar-refractivity contribution >= 4 is 11.7 Å². The molecule has 0 radical (unpaired) electrons. The SMILES string of the molecule is CCc1ccccc1Oc1ccc(N)cc1C(=O)OC.